The molecule has 0 unspecified atom stereocenters. The lowest BCUT2D eigenvalue weighted by molar-refractivity contribution is 0.564. The molecule has 0 bridgehead atoms. The predicted molar refractivity (Wildman–Crippen MR) is 92.6 cm³/mol. The van der Waals surface area contributed by atoms with E-state index in [1.54, 1.807) is 0 Å². The van der Waals surface area contributed by atoms with Crippen LogP contribution in [0.3, 0.4) is 0 Å². The van der Waals surface area contributed by atoms with Crippen molar-refractivity contribution in [1.82, 2.24) is 9.97 Å². The van der Waals surface area contributed by atoms with E-state index in [0.29, 0.717) is 0 Å². The molecule has 0 spiro atoms. The first-order valence-electron chi connectivity index (χ1n) is 7.30. The molecule has 3 nitrogen and oxygen atoms in total. The van der Waals surface area contributed by atoms with Crippen molar-refractivity contribution in [2.24, 2.45) is 0 Å². The fourth-order valence-corrected chi connectivity index (χ4v) is 2.93. The Morgan fingerprint density at radius 2 is 1.76 bits per heavy atom. The number of aromatic nitrogens is 2. The van der Waals surface area contributed by atoms with E-state index >= 15 is 0 Å². The van der Waals surface area contributed by atoms with Crippen LogP contribution in [0.1, 0.15) is 39.8 Å². The maximum Gasteiger partial charge on any atom is 0.161 e. The third-order valence-electron chi connectivity index (χ3n) is 3.14. The molecule has 0 atom stereocenters. The van der Waals surface area contributed by atoms with Gasteiger partial charge in [-0.3, -0.25) is 0 Å². The summed E-state index contributed by atoms with van der Waals surface area (Å²) in [5, 5.41) is 3.39. The highest BCUT2D eigenvalue weighted by atomic mass is 79.9. The van der Waals surface area contributed by atoms with Crippen molar-refractivity contribution < 1.29 is 0 Å². The molecule has 112 valence electrons. The Morgan fingerprint density at radius 1 is 1.10 bits per heavy atom. The number of anilines is 1. The van der Waals surface area contributed by atoms with E-state index in [1.165, 1.54) is 0 Å². The quantitative estimate of drug-likeness (QED) is 0.842. The summed E-state index contributed by atoms with van der Waals surface area (Å²) in [7, 11) is 0. The van der Waals surface area contributed by atoms with Gasteiger partial charge in [-0.2, -0.15) is 0 Å². The van der Waals surface area contributed by atoms with Crippen molar-refractivity contribution in [3.63, 3.8) is 0 Å². The fraction of sp³-hybridized carbons (Fsp3) is 0.412. The topological polar surface area (TPSA) is 37.8 Å². The van der Waals surface area contributed by atoms with Gasteiger partial charge in [0.2, 0.25) is 0 Å². The second-order valence-electron chi connectivity index (χ2n) is 6.10. The van der Waals surface area contributed by atoms with Crippen molar-refractivity contribution in [3.05, 3.63) is 40.5 Å². The first kappa shape index (κ1) is 16.0. The molecular weight excluding hydrogens is 326 g/mol. The molecule has 21 heavy (non-hydrogen) atoms. The first-order valence-corrected chi connectivity index (χ1v) is 8.10. The van der Waals surface area contributed by atoms with Gasteiger partial charge in [0.1, 0.15) is 5.82 Å². The van der Waals surface area contributed by atoms with Crippen LogP contribution in [0.5, 0.6) is 0 Å². The molecule has 1 aromatic heterocycles. The number of hydrogen-bond donors (Lipinski definition) is 1. The Hall–Kier alpha value is -1.42. The molecule has 1 aromatic carbocycles. The zero-order valence-corrected chi connectivity index (χ0v) is 14.7. The largest absolute Gasteiger partial charge is 0.369 e. The number of halogens is 1. The van der Waals surface area contributed by atoms with E-state index in [0.717, 1.165) is 40.3 Å². The summed E-state index contributed by atoms with van der Waals surface area (Å²) in [4.78, 5) is 9.47. The SMILES string of the molecule is CCCNc1nc(-c2ccccc2)nc(C(C)(C)C)c1Br. The van der Waals surface area contributed by atoms with Crippen LogP contribution in [0, 0.1) is 0 Å². The molecule has 1 N–H and O–H groups in total. The molecule has 1 heterocycles. The van der Waals surface area contributed by atoms with Gasteiger partial charge in [0.05, 0.1) is 10.2 Å². The fourth-order valence-electron chi connectivity index (χ4n) is 2.02. The van der Waals surface area contributed by atoms with E-state index in [-0.39, 0.29) is 5.41 Å². The molecule has 0 saturated carbocycles. The van der Waals surface area contributed by atoms with Gasteiger partial charge in [0.25, 0.3) is 0 Å². The van der Waals surface area contributed by atoms with Crippen LogP contribution in [0.4, 0.5) is 5.82 Å². The van der Waals surface area contributed by atoms with Crippen LogP contribution < -0.4 is 5.32 Å². The highest BCUT2D eigenvalue weighted by Gasteiger charge is 2.23. The molecule has 0 radical (unpaired) electrons. The third kappa shape index (κ3) is 3.82. The molecule has 2 rings (SSSR count). The summed E-state index contributed by atoms with van der Waals surface area (Å²) in [6.45, 7) is 9.54. The summed E-state index contributed by atoms with van der Waals surface area (Å²) < 4.78 is 0.961. The minimum atomic E-state index is -0.0477. The van der Waals surface area contributed by atoms with Gasteiger partial charge in [0, 0.05) is 17.5 Å². The molecule has 0 aliphatic heterocycles. The van der Waals surface area contributed by atoms with Crippen LogP contribution in [-0.2, 0) is 5.41 Å². The number of nitrogens with zero attached hydrogens (tertiary/aromatic N) is 2. The number of hydrogen-bond acceptors (Lipinski definition) is 3. The molecule has 0 fully saturated rings. The first-order chi connectivity index (χ1) is 9.93. The summed E-state index contributed by atoms with van der Waals surface area (Å²) in [5.41, 5.74) is 2.01. The van der Waals surface area contributed by atoms with Gasteiger partial charge in [-0.05, 0) is 22.4 Å². The summed E-state index contributed by atoms with van der Waals surface area (Å²) in [6, 6.07) is 10.1. The van der Waals surface area contributed by atoms with Crippen LogP contribution in [0.2, 0.25) is 0 Å². The zero-order valence-electron chi connectivity index (χ0n) is 13.1. The van der Waals surface area contributed by atoms with Crippen LogP contribution >= 0.6 is 15.9 Å². The van der Waals surface area contributed by atoms with Crippen LogP contribution in [0.15, 0.2) is 34.8 Å². The lowest BCUT2D eigenvalue weighted by atomic mass is 9.91. The lowest BCUT2D eigenvalue weighted by Gasteiger charge is -2.22. The molecule has 2 aromatic rings. The van der Waals surface area contributed by atoms with Gasteiger partial charge in [-0.1, -0.05) is 58.0 Å². The monoisotopic (exact) mass is 347 g/mol. The third-order valence-corrected chi connectivity index (χ3v) is 3.89. The molecule has 0 aliphatic rings. The summed E-state index contributed by atoms with van der Waals surface area (Å²) in [6.07, 6.45) is 1.06. The van der Waals surface area contributed by atoms with Crippen molar-refractivity contribution in [2.75, 3.05) is 11.9 Å². The Labute approximate surface area is 135 Å². The van der Waals surface area contributed by atoms with Gasteiger partial charge in [0.15, 0.2) is 5.82 Å². The lowest BCUT2D eigenvalue weighted by Crippen LogP contribution is -2.17. The van der Waals surface area contributed by atoms with Crippen LogP contribution in [-0.4, -0.2) is 16.5 Å². The highest BCUT2D eigenvalue weighted by molar-refractivity contribution is 9.10. The Balaban J connectivity index is 2.56. The standard InChI is InChI=1S/C17H22BrN3/c1-5-11-19-16-13(18)14(17(2,3)4)20-15(21-16)12-9-7-6-8-10-12/h6-10H,5,11H2,1-4H3,(H,19,20,21). The highest BCUT2D eigenvalue weighted by Crippen LogP contribution is 2.34. The smallest absolute Gasteiger partial charge is 0.161 e. The predicted octanol–water partition coefficient (Wildman–Crippen LogP) is 5.03. The average molecular weight is 348 g/mol. The summed E-state index contributed by atoms with van der Waals surface area (Å²) in [5.74, 6) is 1.64. The Morgan fingerprint density at radius 3 is 2.33 bits per heavy atom. The number of rotatable bonds is 4. The van der Waals surface area contributed by atoms with Crippen molar-refractivity contribution in [1.29, 1.82) is 0 Å². The summed E-state index contributed by atoms with van der Waals surface area (Å²) >= 11 is 3.67. The minimum absolute atomic E-state index is 0.0477. The number of nitrogens with one attached hydrogen (secondary N) is 1. The van der Waals surface area contributed by atoms with Gasteiger partial charge in [-0.15, -0.1) is 0 Å². The van der Waals surface area contributed by atoms with E-state index in [2.05, 4.69) is 53.9 Å². The maximum absolute atomic E-state index is 4.78. The van der Waals surface area contributed by atoms with Gasteiger partial charge < -0.3 is 5.32 Å². The van der Waals surface area contributed by atoms with Crippen molar-refractivity contribution in [2.45, 2.75) is 39.5 Å². The van der Waals surface area contributed by atoms with Crippen molar-refractivity contribution in [3.8, 4) is 11.4 Å². The minimum Gasteiger partial charge on any atom is -0.369 e. The second-order valence-corrected chi connectivity index (χ2v) is 6.89. The Kier molecular flexibility index (Phi) is 4.99. The van der Waals surface area contributed by atoms with E-state index in [1.807, 2.05) is 30.3 Å². The zero-order chi connectivity index (χ0) is 15.5. The normalized spacial score (nSPS) is 11.5. The molecular formula is C17H22BrN3. The van der Waals surface area contributed by atoms with E-state index < -0.39 is 0 Å². The van der Waals surface area contributed by atoms with Gasteiger partial charge >= 0.3 is 0 Å². The maximum atomic E-state index is 4.78. The van der Waals surface area contributed by atoms with Crippen LogP contribution in [0.25, 0.3) is 11.4 Å². The average Bonchev–Trinajstić information content (AvgIpc) is 2.46. The number of benzene rings is 1. The molecule has 0 saturated heterocycles. The second kappa shape index (κ2) is 6.56. The Bertz CT molecular complexity index is 603. The molecule has 4 heteroatoms. The molecule has 0 aliphatic carbocycles. The van der Waals surface area contributed by atoms with E-state index in [9.17, 15) is 0 Å². The van der Waals surface area contributed by atoms with Crippen molar-refractivity contribution >= 4 is 21.7 Å². The molecule has 0 amide bonds. The van der Waals surface area contributed by atoms with E-state index in [4.69, 9.17) is 4.98 Å². The van der Waals surface area contributed by atoms with Gasteiger partial charge in [-0.25, -0.2) is 9.97 Å².